The van der Waals surface area contributed by atoms with Crippen LogP contribution in [0.3, 0.4) is 0 Å². The van der Waals surface area contributed by atoms with Gasteiger partial charge in [-0.1, -0.05) is 68.5 Å². The molecule has 0 fully saturated rings. The van der Waals surface area contributed by atoms with Gasteiger partial charge in [-0.25, -0.2) is 4.79 Å². The van der Waals surface area contributed by atoms with Gasteiger partial charge in [0.1, 0.15) is 7.05 Å². The lowest BCUT2D eigenvalue weighted by Gasteiger charge is -2.32. The molecule has 2 aliphatic heterocycles. The van der Waals surface area contributed by atoms with Crippen LogP contribution in [0.15, 0.2) is 113 Å². The van der Waals surface area contributed by atoms with E-state index in [1.807, 2.05) is 6.07 Å². The number of carboxylic acid groups (broad SMARTS) is 1. The van der Waals surface area contributed by atoms with Gasteiger partial charge >= 0.3 is 5.97 Å². The molecule has 4 nitrogen and oxygen atoms in total. The summed E-state index contributed by atoms with van der Waals surface area (Å²) in [6.07, 6.45) is 13.6. The van der Waals surface area contributed by atoms with Crippen LogP contribution < -0.4 is 4.90 Å². The normalized spacial score (nSPS) is 23.6. The number of allylic oxidation sites excluding steroid dienone is 10. The highest BCUT2D eigenvalue weighted by molar-refractivity contribution is 6.09. The van der Waals surface area contributed by atoms with Crippen molar-refractivity contribution in [2.45, 2.75) is 64.2 Å². The number of para-hydroxylation sites is 2. The molecule has 0 radical (unpaired) electrons. The first kappa shape index (κ1) is 29.7. The third-order valence-corrected chi connectivity index (χ3v) is 11.7. The molecule has 3 aliphatic carbocycles. The average Bonchev–Trinajstić information content (AvgIpc) is 3.58. The third-order valence-electron chi connectivity index (χ3n) is 11.7. The molecule has 0 saturated heterocycles. The van der Waals surface area contributed by atoms with Gasteiger partial charge in [-0.2, -0.15) is 4.58 Å². The Labute approximate surface area is 278 Å². The number of benzene rings is 3. The summed E-state index contributed by atoms with van der Waals surface area (Å²) >= 11 is 0. The maximum absolute atomic E-state index is 12.2. The van der Waals surface area contributed by atoms with Gasteiger partial charge in [-0.3, -0.25) is 0 Å². The summed E-state index contributed by atoms with van der Waals surface area (Å²) in [6, 6.07) is 23.2. The van der Waals surface area contributed by atoms with Crippen LogP contribution in [-0.4, -0.2) is 35.5 Å². The minimum absolute atomic E-state index is 0.0895. The predicted molar refractivity (Wildman–Crippen MR) is 193 cm³/mol. The Hall–Kier alpha value is -4.70. The Bertz CT molecular complexity index is 2090. The first-order chi connectivity index (χ1) is 22.5. The number of hydrogen-bond donors (Lipinski definition) is 1. The van der Waals surface area contributed by atoms with E-state index >= 15 is 0 Å². The van der Waals surface area contributed by atoms with E-state index in [1.54, 1.807) is 6.07 Å². The fourth-order valence-electron chi connectivity index (χ4n) is 9.26. The lowest BCUT2D eigenvalue weighted by atomic mass is 9.72. The van der Waals surface area contributed by atoms with Crippen molar-refractivity contribution in [3.63, 3.8) is 0 Å². The number of hydrogen-bond acceptors (Lipinski definition) is 2. The van der Waals surface area contributed by atoms with Gasteiger partial charge < -0.3 is 10.0 Å². The molecule has 0 spiro atoms. The van der Waals surface area contributed by atoms with Gasteiger partial charge in [0.05, 0.1) is 11.0 Å². The number of aromatic carboxylic acids is 1. The van der Waals surface area contributed by atoms with Crippen molar-refractivity contribution in [2.75, 3.05) is 19.0 Å². The SMILES string of the molecule is CN1/C(=C/C=C2\CCC3CCC(/C=C/C4=[N+](C)c5ccccc5C4(C)C)=C4C3=C2c2cc(C(=O)O)ccc24)C(C)(C)c2ccccc21. The van der Waals surface area contributed by atoms with Crippen LogP contribution in [0.1, 0.15) is 86.0 Å². The zero-order valence-electron chi connectivity index (χ0n) is 28.3. The number of anilines is 1. The van der Waals surface area contributed by atoms with E-state index < -0.39 is 5.97 Å². The monoisotopic (exact) mass is 619 g/mol. The fourth-order valence-corrected chi connectivity index (χ4v) is 9.26. The second-order valence-corrected chi connectivity index (χ2v) is 14.9. The largest absolute Gasteiger partial charge is 0.478 e. The van der Waals surface area contributed by atoms with Crippen LogP contribution in [0.4, 0.5) is 11.4 Å². The molecule has 1 atom stereocenters. The molecule has 4 heteroatoms. The van der Waals surface area contributed by atoms with Gasteiger partial charge in [-0.15, -0.1) is 0 Å². The average molecular weight is 620 g/mol. The summed E-state index contributed by atoms with van der Waals surface area (Å²) in [7, 11) is 4.34. The van der Waals surface area contributed by atoms with Crippen molar-refractivity contribution in [3.8, 4) is 0 Å². The summed E-state index contributed by atoms with van der Waals surface area (Å²) in [5.74, 6) is -0.392. The highest BCUT2D eigenvalue weighted by atomic mass is 16.4. The van der Waals surface area contributed by atoms with E-state index in [2.05, 4.69) is 130 Å². The molecular formula is C43H43N2O2+. The Morgan fingerprint density at radius 2 is 1.57 bits per heavy atom. The molecule has 5 aliphatic rings. The number of likely N-dealkylation sites (N-methyl/N-ethyl adjacent to an activating group) is 1. The van der Waals surface area contributed by atoms with Crippen molar-refractivity contribution < 1.29 is 14.5 Å². The van der Waals surface area contributed by atoms with Gasteiger partial charge in [-0.05, 0) is 114 Å². The molecule has 236 valence electrons. The van der Waals surface area contributed by atoms with E-state index in [4.69, 9.17) is 0 Å². The zero-order valence-corrected chi connectivity index (χ0v) is 28.3. The number of nitrogens with zero attached hydrogens (tertiary/aromatic N) is 2. The van der Waals surface area contributed by atoms with Crippen LogP contribution in [-0.2, 0) is 10.8 Å². The fraction of sp³-hybridized carbons (Fsp3) is 0.302. The number of rotatable bonds is 4. The lowest BCUT2D eigenvalue weighted by Crippen LogP contribution is -2.26. The smallest absolute Gasteiger partial charge is 0.335 e. The van der Waals surface area contributed by atoms with Crippen LogP contribution in [0.2, 0.25) is 0 Å². The molecule has 3 aromatic rings. The second kappa shape index (κ2) is 10.4. The standard InChI is InChI=1S/C43H42N2O2/c1-42(2)32-11-7-9-13-34(32)44(5)36(42)23-20-26-15-17-28-18-16-27(21-24-37-43(3,4)33-12-8-10-14-35(33)45(37)6)39-31-25-29(41(46)47)19-22-30(31)38(26)40(28)39/h7-14,19-25,28H,15-18H2,1-6H3/p+1. The first-order valence-electron chi connectivity index (χ1n) is 17.0. The molecule has 3 aromatic carbocycles. The zero-order chi connectivity index (χ0) is 32.8. The van der Waals surface area contributed by atoms with Crippen molar-refractivity contribution in [2.24, 2.45) is 5.92 Å². The summed E-state index contributed by atoms with van der Waals surface area (Å²) in [6.45, 7) is 9.25. The summed E-state index contributed by atoms with van der Waals surface area (Å²) in [5, 5.41) is 10.0. The van der Waals surface area contributed by atoms with Crippen LogP contribution in [0.25, 0.3) is 11.1 Å². The Morgan fingerprint density at radius 3 is 2.32 bits per heavy atom. The first-order valence-corrected chi connectivity index (χ1v) is 17.0. The minimum atomic E-state index is -0.878. The Kier molecular flexibility index (Phi) is 6.57. The van der Waals surface area contributed by atoms with E-state index in [1.165, 1.54) is 67.3 Å². The topological polar surface area (TPSA) is 43.5 Å². The molecule has 8 rings (SSSR count). The van der Waals surface area contributed by atoms with Gasteiger partial charge in [0.25, 0.3) is 0 Å². The molecule has 0 bridgehead atoms. The molecule has 1 N–H and O–H groups in total. The summed E-state index contributed by atoms with van der Waals surface area (Å²) in [4.78, 5) is 14.5. The van der Waals surface area contributed by atoms with Crippen molar-refractivity contribution >= 4 is 34.2 Å². The van der Waals surface area contributed by atoms with E-state index in [9.17, 15) is 9.90 Å². The molecular weight excluding hydrogens is 576 g/mol. The van der Waals surface area contributed by atoms with Gasteiger partial charge in [0.15, 0.2) is 5.71 Å². The number of carboxylic acids is 1. The third kappa shape index (κ3) is 4.26. The quantitative estimate of drug-likeness (QED) is 0.296. The maximum Gasteiger partial charge on any atom is 0.335 e. The van der Waals surface area contributed by atoms with E-state index in [-0.39, 0.29) is 10.8 Å². The number of carbonyl (C=O) groups is 1. The van der Waals surface area contributed by atoms with Gasteiger partial charge in [0, 0.05) is 41.6 Å². The molecule has 0 saturated carbocycles. The molecule has 47 heavy (non-hydrogen) atoms. The minimum Gasteiger partial charge on any atom is -0.478 e. The van der Waals surface area contributed by atoms with Crippen LogP contribution in [0, 0.1) is 5.92 Å². The van der Waals surface area contributed by atoms with Crippen LogP contribution in [0.5, 0.6) is 0 Å². The van der Waals surface area contributed by atoms with Crippen molar-refractivity contribution in [1.82, 2.24) is 0 Å². The summed E-state index contributed by atoms with van der Waals surface area (Å²) < 4.78 is 2.34. The molecule has 1 unspecified atom stereocenters. The Morgan fingerprint density at radius 1 is 0.851 bits per heavy atom. The number of fused-ring (bicyclic) bond motifs is 5. The maximum atomic E-state index is 12.2. The highest BCUT2D eigenvalue weighted by Gasteiger charge is 2.44. The van der Waals surface area contributed by atoms with Crippen molar-refractivity contribution in [1.29, 1.82) is 0 Å². The molecule has 2 heterocycles. The molecule has 0 aromatic heterocycles. The molecule has 0 amide bonds. The van der Waals surface area contributed by atoms with E-state index in [0.717, 1.165) is 31.2 Å². The van der Waals surface area contributed by atoms with Gasteiger partial charge in [0.2, 0.25) is 5.69 Å². The van der Waals surface area contributed by atoms with Crippen LogP contribution >= 0.6 is 0 Å². The highest BCUT2D eigenvalue weighted by Crippen LogP contribution is 2.58. The van der Waals surface area contributed by atoms with Crippen molar-refractivity contribution in [3.05, 3.63) is 141 Å². The second-order valence-electron chi connectivity index (χ2n) is 14.9. The summed E-state index contributed by atoms with van der Waals surface area (Å²) in [5.41, 5.74) is 16.9. The predicted octanol–water partition coefficient (Wildman–Crippen LogP) is 9.61. The lowest BCUT2D eigenvalue weighted by molar-refractivity contribution is -0.401. The Balaban J connectivity index is 1.27. The van der Waals surface area contributed by atoms with E-state index in [0.29, 0.717) is 11.5 Å².